The molecule has 0 aliphatic heterocycles. The lowest BCUT2D eigenvalue weighted by atomic mass is 10.2. The van der Waals surface area contributed by atoms with E-state index in [0.29, 0.717) is 6.54 Å². The van der Waals surface area contributed by atoms with Crippen molar-refractivity contribution < 1.29 is 14.7 Å². The van der Waals surface area contributed by atoms with E-state index in [1.807, 2.05) is 46.7 Å². The van der Waals surface area contributed by atoms with Crippen LogP contribution in [-0.2, 0) is 4.79 Å². The Balaban J connectivity index is 4.91. The summed E-state index contributed by atoms with van der Waals surface area (Å²) < 4.78 is 0. The third kappa shape index (κ3) is 5.92. The van der Waals surface area contributed by atoms with Gasteiger partial charge in [0, 0.05) is 25.2 Å². The van der Waals surface area contributed by atoms with Gasteiger partial charge in [0.1, 0.15) is 6.54 Å². The monoisotopic (exact) mass is 273 g/mol. The van der Waals surface area contributed by atoms with Crippen molar-refractivity contribution in [1.29, 1.82) is 0 Å². The largest absolute Gasteiger partial charge is 0.480 e. The first kappa shape index (κ1) is 17.7. The number of carbonyl (C=O) groups excluding carboxylic acids is 1. The highest BCUT2D eigenvalue weighted by molar-refractivity contribution is 5.80. The lowest BCUT2D eigenvalue weighted by Gasteiger charge is -2.36. The summed E-state index contributed by atoms with van der Waals surface area (Å²) in [5.41, 5.74) is 0. The maximum absolute atomic E-state index is 12.4. The standard InChI is InChI=1S/C13H27N3O3/c1-7-15(11(4)8-14(5)6)13(19)16(10(2)3)9-12(17)18/h10-11H,7-9H2,1-6H3,(H,17,18). The fourth-order valence-corrected chi connectivity index (χ4v) is 2.04. The van der Waals surface area contributed by atoms with Crippen LogP contribution in [0.25, 0.3) is 0 Å². The summed E-state index contributed by atoms with van der Waals surface area (Å²) in [5.74, 6) is -0.988. The molecule has 1 unspecified atom stereocenters. The zero-order chi connectivity index (χ0) is 15.2. The summed E-state index contributed by atoms with van der Waals surface area (Å²) in [6, 6.07) is -0.305. The van der Waals surface area contributed by atoms with Crippen LogP contribution in [0.3, 0.4) is 0 Å². The van der Waals surface area contributed by atoms with E-state index in [9.17, 15) is 9.59 Å². The first-order valence-corrected chi connectivity index (χ1v) is 6.64. The third-order valence-corrected chi connectivity index (χ3v) is 2.92. The van der Waals surface area contributed by atoms with Crippen molar-refractivity contribution in [3.63, 3.8) is 0 Å². The Hall–Kier alpha value is -1.30. The number of amides is 2. The van der Waals surface area contributed by atoms with Gasteiger partial charge in [-0.25, -0.2) is 4.79 Å². The van der Waals surface area contributed by atoms with E-state index in [2.05, 4.69) is 0 Å². The van der Waals surface area contributed by atoms with Gasteiger partial charge >= 0.3 is 12.0 Å². The van der Waals surface area contributed by atoms with Crippen LogP contribution >= 0.6 is 0 Å². The molecule has 0 radical (unpaired) electrons. The fourth-order valence-electron chi connectivity index (χ4n) is 2.04. The van der Waals surface area contributed by atoms with Crippen LogP contribution in [0.2, 0.25) is 0 Å². The summed E-state index contributed by atoms with van der Waals surface area (Å²) >= 11 is 0. The van der Waals surface area contributed by atoms with Crippen molar-refractivity contribution in [2.24, 2.45) is 0 Å². The number of carboxylic acids is 1. The van der Waals surface area contributed by atoms with Gasteiger partial charge in [-0.1, -0.05) is 0 Å². The number of aliphatic carboxylic acids is 1. The maximum Gasteiger partial charge on any atom is 0.323 e. The summed E-state index contributed by atoms with van der Waals surface area (Å²) in [5, 5.41) is 8.90. The smallest absolute Gasteiger partial charge is 0.323 e. The molecule has 0 aromatic heterocycles. The number of hydrogen-bond acceptors (Lipinski definition) is 3. The quantitative estimate of drug-likeness (QED) is 0.756. The van der Waals surface area contributed by atoms with Gasteiger partial charge in [0.05, 0.1) is 0 Å². The summed E-state index contributed by atoms with van der Waals surface area (Å²) in [6.07, 6.45) is 0. The topological polar surface area (TPSA) is 64.1 Å². The molecule has 1 N–H and O–H groups in total. The predicted octanol–water partition coefficient (Wildman–Crippen LogP) is 1.17. The Kier molecular flexibility index (Phi) is 7.44. The highest BCUT2D eigenvalue weighted by Gasteiger charge is 2.27. The van der Waals surface area contributed by atoms with E-state index in [1.165, 1.54) is 4.90 Å². The highest BCUT2D eigenvalue weighted by Crippen LogP contribution is 2.09. The maximum atomic E-state index is 12.4. The second-order valence-electron chi connectivity index (χ2n) is 5.30. The van der Waals surface area contributed by atoms with Crippen LogP contribution in [0.5, 0.6) is 0 Å². The fraction of sp³-hybridized carbons (Fsp3) is 0.846. The highest BCUT2D eigenvalue weighted by atomic mass is 16.4. The number of rotatable bonds is 7. The lowest BCUT2D eigenvalue weighted by Crippen LogP contribution is -2.53. The van der Waals surface area contributed by atoms with E-state index in [-0.39, 0.29) is 24.7 Å². The van der Waals surface area contributed by atoms with Crippen LogP contribution in [0.1, 0.15) is 27.7 Å². The van der Waals surface area contributed by atoms with E-state index in [4.69, 9.17) is 5.11 Å². The minimum absolute atomic E-state index is 0.0440. The molecule has 0 aliphatic rings. The van der Waals surface area contributed by atoms with Gasteiger partial charge in [-0.3, -0.25) is 4.79 Å². The van der Waals surface area contributed by atoms with Crippen LogP contribution < -0.4 is 0 Å². The molecule has 0 bridgehead atoms. The first-order valence-electron chi connectivity index (χ1n) is 6.64. The van der Waals surface area contributed by atoms with Crippen molar-refractivity contribution in [3.05, 3.63) is 0 Å². The van der Waals surface area contributed by atoms with Gasteiger partial charge in [-0.05, 0) is 41.8 Å². The zero-order valence-corrected chi connectivity index (χ0v) is 12.9. The van der Waals surface area contributed by atoms with Crippen LogP contribution in [0.4, 0.5) is 4.79 Å². The second kappa shape index (κ2) is 7.99. The Morgan fingerprint density at radius 3 is 1.95 bits per heavy atom. The van der Waals surface area contributed by atoms with Crippen molar-refractivity contribution in [2.45, 2.75) is 39.8 Å². The molecule has 0 saturated heterocycles. The Morgan fingerprint density at radius 2 is 1.63 bits per heavy atom. The first-order chi connectivity index (χ1) is 8.70. The third-order valence-electron chi connectivity index (χ3n) is 2.92. The van der Waals surface area contributed by atoms with Crippen molar-refractivity contribution >= 4 is 12.0 Å². The number of urea groups is 1. The molecule has 6 nitrogen and oxygen atoms in total. The molecule has 112 valence electrons. The molecule has 0 fully saturated rings. The minimum Gasteiger partial charge on any atom is -0.480 e. The van der Waals surface area contributed by atoms with Crippen molar-refractivity contribution in [1.82, 2.24) is 14.7 Å². The van der Waals surface area contributed by atoms with E-state index in [0.717, 1.165) is 6.54 Å². The van der Waals surface area contributed by atoms with E-state index >= 15 is 0 Å². The number of likely N-dealkylation sites (N-methyl/N-ethyl adjacent to an activating group) is 2. The molecule has 0 aromatic rings. The SMILES string of the molecule is CCN(C(=O)N(CC(=O)O)C(C)C)C(C)CN(C)C. The molecule has 1 atom stereocenters. The molecule has 0 aliphatic carbocycles. The molecule has 19 heavy (non-hydrogen) atoms. The zero-order valence-electron chi connectivity index (χ0n) is 12.9. The molecule has 0 aromatic carbocycles. The molecule has 0 spiro atoms. The molecule has 0 saturated carbocycles. The van der Waals surface area contributed by atoms with Gasteiger partial charge in [0.2, 0.25) is 0 Å². The van der Waals surface area contributed by atoms with Crippen LogP contribution in [-0.4, -0.2) is 77.6 Å². The average molecular weight is 273 g/mol. The van der Waals surface area contributed by atoms with Crippen molar-refractivity contribution in [2.75, 3.05) is 33.7 Å². The van der Waals surface area contributed by atoms with Crippen LogP contribution in [0, 0.1) is 0 Å². The molecule has 2 amide bonds. The lowest BCUT2D eigenvalue weighted by molar-refractivity contribution is -0.138. The summed E-state index contributed by atoms with van der Waals surface area (Å²) in [7, 11) is 3.90. The summed E-state index contributed by atoms with van der Waals surface area (Å²) in [6.45, 7) is 8.58. The number of nitrogens with zero attached hydrogens (tertiary/aromatic N) is 3. The number of carboxylic acid groups (broad SMARTS) is 1. The van der Waals surface area contributed by atoms with Gasteiger partial charge < -0.3 is 19.8 Å². The van der Waals surface area contributed by atoms with E-state index < -0.39 is 5.97 Å². The Bertz CT molecular complexity index is 306. The summed E-state index contributed by atoms with van der Waals surface area (Å²) in [4.78, 5) is 28.4. The Morgan fingerprint density at radius 1 is 1.11 bits per heavy atom. The average Bonchev–Trinajstić information content (AvgIpc) is 2.24. The molecular formula is C13H27N3O3. The van der Waals surface area contributed by atoms with Crippen LogP contribution in [0.15, 0.2) is 0 Å². The predicted molar refractivity (Wildman–Crippen MR) is 75.3 cm³/mol. The molecular weight excluding hydrogens is 246 g/mol. The molecule has 0 rings (SSSR count). The minimum atomic E-state index is -0.988. The van der Waals surface area contributed by atoms with Gasteiger partial charge in [-0.15, -0.1) is 0 Å². The normalized spacial score (nSPS) is 12.6. The van der Waals surface area contributed by atoms with E-state index in [1.54, 1.807) is 4.90 Å². The number of hydrogen-bond donors (Lipinski definition) is 1. The number of carbonyl (C=O) groups is 2. The Labute approximate surface area is 116 Å². The van der Waals surface area contributed by atoms with Gasteiger partial charge in [0.25, 0.3) is 0 Å². The van der Waals surface area contributed by atoms with Crippen molar-refractivity contribution in [3.8, 4) is 0 Å². The van der Waals surface area contributed by atoms with Gasteiger partial charge in [0.15, 0.2) is 0 Å². The second-order valence-corrected chi connectivity index (χ2v) is 5.30. The molecule has 6 heteroatoms. The molecule has 0 heterocycles. The van der Waals surface area contributed by atoms with Gasteiger partial charge in [-0.2, -0.15) is 0 Å².